The van der Waals surface area contributed by atoms with Crippen LogP contribution in [0.1, 0.15) is 25.6 Å². The zero-order valence-corrected chi connectivity index (χ0v) is 9.33. The number of H-pyrrole nitrogens is 2. The molecule has 0 amide bonds. The Labute approximate surface area is 91.3 Å². The maximum atomic E-state index is 11.9. The molecule has 2 N–H and O–H groups in total. The highest BCUT2D eigenvalue weighted by atomic mass is 16.2. The van der Waals surface area contributed by atoms with Crippen LogP contribution in [0.3, 0.4) is 0 Å². The Morgan fingerprint density at radius 2 is 2.06 bits per heavy atom. The second kappa shape index (κ2) is 3.96. The number of rotatable bonds is 3. The van der Waals surface area contributed by atoms with E-state index in [-0.39, 0.29) is 5.56 Å². The molecule has 0 aliphatic heterocycles. The molecule has 0 atom stereocenters. The third-order valence-corrected chi connectivity index (χ3v) is 2.49. The highest BCUT2D eigenvalue weighted by Crippen LogP contribution is 2.00. The average Bonchev–Trinajstić information content (AvgIpc) is 2.59. The molecule has 0 saturated heterocycles. The van der Waals surface area contributed by atoms with Gasteiger partial charge in [0.2, 0.25) is 0 Å². The van der Waals surface area contributed by atoms with Crippen molar-refractivity contribution in [3.8, 4) is 0 Å². The second-order valence-electron chi connectivity index (χ2n) is 3.79. The summed E-state index contributed by atoms with van der Waals surface area (Å²) in [5, 5.41) is 0. The molecule has 0 radical (unpaired) electrons. The second-order valence-corrected chi connectivity index (χ2v) is 3.79. The third kappa shape index (κ3) is 1.66. The van der Waals surface area contributed by atoms with E-state index in [4.69, 9.17) is 0 Å². The lowest BCUT2D eigenvalue weighted by atomic mass is 10.3. The first-order chi connectivity index (χ1) is 7.63. The van der Waals surface area contributed by atoms with E-state index in [0.717, 1.165) is 12.8 Å². The summed E-state index contributed by atoms with van der Waals surface area (Å²) in [5.41, 5.74) is 0.0127. The lowest BCUT2D eigenvalue weighted by Gasteiger charge is -2.01. The lowest BCUT2D eigenvalue weighted by molar-refractivity contribution is 0.588. The number of unbranched alkanes of at least 4 members (excludes halogenated alkanes) is 1. The Morgan fingerprint density at radius 1 is 1.31 bits per heavy atom. The number of imidazole rings is 1. The monoisotopic (exact) mass is 222 g/mol. The maximum Gasteiger partial charge on any atom is 0.330 e. The van der Waals surface area contributed by atoms with E-state index >= 15 is 0 Å². The van der Waals surface area contributed by atoms with Crippen molar-refractivity contribution in [2.24, 2.45) is 0 Å². The molecule has 86 valence electrons. The molecule has 2 heterocycles. The quantitative estimate of drug-likeness (QED) is 0.794. The fraction of sp³-hybridized carbons (Fsp3) is 0.500. The predicted octanol–water partition coefficient (Wildman–Crippen LogP) is 0.521. The third-order valence-electron chi connectivity index (χ3n) is 2.49. The first-order valence-corrected chi connectivity index (χ1v) is 5.33. The highest BCUT2D eigenvalue weighted by Gasteiger charge is 2.09. The van der Waals surface area contributed by atoms with Crippen molar-refractivity contribution in [1.29, 1.82) is 0 Å². The summed E-state index contributed by atoms with van der Waals surface area (Å²) >= 11 is 0. The molecule has 0 bridgehead atoms. The summed E-state index contributed by atoms with van der Waals surface area (Å²) in [4.78, 5) is 33.0. The zero-order valence-electron chi connectivity index (χ0n) is 9.33. The van der Waals surface area contributed by atoms with Crippen molar-refractivity contribution in [1.82, 2.24) is 19.5 Å². The normalized spacial score (nSPS) is 11.1. The van der Waals surface area contributed by atoms with Crippen molar-refractivity contribution in [2.75, 3.05) is 0 Å². The molecule has 0 saturated carbocycles. The summed E-state index contributed by atoms with van der Waals surface area (Å²) in [6.45, 7) is 4.20. The molecule has 2 rings (SSSR count). The van der Waals surface area contributed by atoms with E-state index in [1.807, 2.05) is 6.92 Å². The first-order valence-electron chi connectivity index (χ1n) is 5.33. The number of aromatic nitrogens is 4. The molecule has 6 nitrogen and oxygen atoms in total. The van der Waals surface area contributed by atoms with Gasteiger partial charge >= 0.3 is 5.69 Å². The Hall–Kier alpha value is -1.85. The first kappa shape index (κ1) is 10.7. The predicted molar refractivity (Wildman–Crippen MR) is 60.6 cm³/mol. The van der Waals surface area contributed by atoms with Crippen LogP contribution in [0, 0.1) is 6.92 Å². The largest absolute Gasteiger partial charge is 0.336 e. The van der Waals surface area contributed by atoms with E-state index in [2.05, 4.69) is 15.0 Å². The maximum absolute atomic E-state index is 11.9. The van der Waals surface area contributed by atoms with Crippen LogP contribution in [0.4, 0.5) is 0 Å². The minimum absolute atomic E-state index is 0.298. The number of nitrogens with one attached hydrogen (secondary N) is 2. The number of nitrogens with zero attached hydrogens (tertiary/aromatic N) is 2. The summed E-state index contributed by atoms with van der Waals surface area (Å²) in [6, 6.07) is 0. The van der Waals surface area contributed by atoms with E-state index < -0.39 is 5.69 Å². The fourth-order valence-electron chi connectivity index (χ4n) is 1.65. The number of aryl methyl sites for hydroxylation is 1. The van der Waals surface area contributed by atoms with Crippen LogP contribution in [0.25, 0.3) is 11.2 Å². The Morgan fingerprint density at radius 3 is 2.75 bits per heavy atom. The van der Waals surface area contributed by atoms with Crippen molar-refractivity contribution in [2.45, 2.75) is 33.2 Å². The molecular weight excluding hydrogens is 208 g/mol. The Bertz CT molecular complexity index is 620. The van der Waals surface area contributed by atoms with Crippen molar-refractivity contribution < 1.29 is 0 Å². The number of hydrogen-bond acceptors (Lipinski definition) is 3. The molecule has 2 aromatic heterocycles. The summed E-state index contributed by atoms with van der Waals surface area (Å²) < 4.78 is 1.21. The smallest absolute Gasteiger partial charge is 0.330 e. The Balaban J connectivity index is 2.65. The minimum Gasteiger partial charge on any atom is -0.336 e. The van der Waals surface area contributed by atoms with Gasteiger partial charge in [0.05, 0.1) is 0 Å². The van der Waals surface area contributed by atoms with Crippen LogP contribution in [-0.2, 0) is 6.54 Å². The summed E-state index contributed by atoms with van der Waals surface area (Å²) in [7, 11) is 0. The molecule has 6 heteroatoms. The Kier molecular flexibility index (Phi) is 2.64. The molecule has 16 heavy (non-hydrogen) atoms. The van der Waals surface area contributed by atoms with Gasteiger partial charge < -0.3 is 4.98 Å². The van der Waals surface area contributed by atoms with E-state index in [1.165, 1.54) is 4.57 Å². The number of hydrogen-bond donors (Lipinski definition) is 2. The van der Waals surface area contributed by atoms with Crippen molar-refractivity contribution >= 4 is 11.2 Å². The van der Waals surface area contributed by atoms with Gasteiger partial charge in [0, 0.05) is 6.54 Å². The number of aromatic amines is 2. The topological polar surface area (TPSA) is 83.5 Å². The van der Waals surface area contributed by atoms with Crippen molar-refractivity contribution in [3.05, 3.63) is 26.7 Å². The van der Waals surface area contributed by atoms with Gasteiger partial charge in [0.1, 0.15) is 11.3 Å². The van der Waals surface area contributed by atoms with Gasteiger partial charge in [-0.25, -0.2) is 9.78 Å². The van der Waals surface area contributed by atoms with Crippen LogP contribution in [-0.4, -0.2) is 19.5 Å². The van der Waals surface area contributed by atoms with Crippen LogP contribution in [0.5, 0.6) is 0 Å². The molecular formula is C10H14N4O2. The van der Waals surface area contributed by atoms with Gasteiger partial charge in [-0.05, 0) is 13.3 Å². The van der Waals surface area contributed by atoms with Gasteiger partial charge in [0.15, 0.2) is 5.65 Å². The minimum atomic E-state index is -0.391. The van der Waals surface area contributed by atoms with Gasteiger partial charge in [-0.2, -0.15) is 0 Å². The lowest BCUT2D eigenvalue weighted by Crippen LogP contribution is -2.35. The summed E-state index contributed by atoms with van der Waals surface area (Å²) in [6.07, 6.45) is 1.74. The van der Waals surface area contributed by atoms with E-state index in [0.29, 0.717) is 23.5 Å². The van der Waals surface area contributed by atoms with E-state index in [9.17, 15) is 9.59 Å². The standard InChI is InChI=1S/C10H14N4O2/c1-3-4-5-14-9(15)7-8(13-10(14)16)12-6(2)11-7/h3-5H2,1-2H3,(H,11,12)(H,13,16). The van der Waals surface area contributed by atoms with Gasteiger partial charge in [0.25, 0.3) is 5.56 Å². The molecule has 0 spiro atoms. The fourth-order valence-corrected chi connectivity index (χ4v) is 1.65. The SMILES string of the molecule is CCCCn1c(=O)[nH]c2nc(C)[nH]c2c1=O. The molecule has 0 unspecified atom stereocenters. The van der Waals surface area contributed by atoms with E-state index in [1.54, 1.807) is 6.92 Å². The van der Waals surface area contributed by atoms with Gasteiger partial charge in [-0.3, -0.25) is 14.3 Å². The van der Waals surface area contributed by atoms with Crippen LogP contribution >= 0.6 is 0 Å². The van der Waals surface area contributed by atoms with Gasteiger partial charge in [-0.1, -0.05) is 13.3 Å². The molecule has 0 aliphatic rings. The average molecular weight is 222 g/mol. The highest BCUT2D eigenvalue weighted by molar-refractivity contribution is 5.68. The van der Waals surface area contributed by atoms with Gasteiger partial charge in [-0.15, -0.1) is 0 Å². The van der Waals surface area contributed by atoms with Crippen LogP contribution < -0.4 is 11.2 Å². The van der Waals surface area contributed by atoms with Crippen LogP contribution in [0.15, 0.2) is 9.59 Å². The van der Waals surface area contributed by atoms with Crippen molar-refractivity contribution in [3.63, 3.8) is 0 Å². The molecule has 0 aliphatic carbocycles. The number of fused-ring (bicyclic) bond motifs is 1. The summed E-state index contributed by atoms with van der Waals surface area (Å²) in [5.74, 6) is 0.621. The van der Waals surface area contributed by atoms with Crippen LogP contribution in [0.2, 0.25) is 0 Å². The zero-order chi connectivity index (χ0) is 11.7. The molecule has 0 aromatic carbocycles. The molecule has 0 fully saturated rings. The molecule has 2 aromatic rings.